The number of rotatable bonds is 2. The SMILES string of the molecule is NC(=O)C1CCN1c1cc(N)cc(Cl)n1. The van der Waals surface area contributed by atoms with Crippen LogP contribution in [0, 0.1) is 0 Å². The summed E-state index contributed by atoms with van der Waals surface area (Å²) in [4.78, 5) is 16.9. The Balaban J connectivity index is 2.26. The number of hydrogen-bond donors (Lipinski definition) is 2. The van der Waals surface area contributed by atoms with Crippen molar-refractivity contribution in [3.8, 4) is 0 Å². The number of halogens is 1. The molecule has 1 aliphatic rings. The van der Waals surface area contributed by atoms with E-state index in [9.17, 15) is 4.79 Å². The van der Waals surface area contributed by atoms with Crippen LogP contribution in [0.3, 0.4) is 0 Å². The van der Waals surface area contributed by atoms with Crippen LogP contribution in [0.25, 0.3) is 0 Å². The van der Waals surface area contributed by atoms with E-state index in [1.807, 2.05) is 0 Å². The number of primary amides is 1. The van der Waals surface area contributed by atoms with E-state index in [0.717, 1.165) is 13.0 Å². The molecule has 1 aliphatic heterocycles. The lowest BCUT2D eigenvalue weighted by molar-refractivity contribution is -0.120. The van der Waals surface area contributed by atoms with Crippen molar-refractivity contribution in [1.29, 1.82) is 0 Å². The van der Waals surface area contributed by atoms with Gasteiger partial charge in [-0.05, 0) is 12.5 Å². The van der Waals surface area contributed by atoms with Crippen molar-refractivity contribution in [3.63, 3.8) is 0 Å². The number of anilines is 2. The third-order valence-corrected chi connectivity index (χ3v) is 2.64. The highest BCUT2D eigenvalue weighted by Gasteiger charge is 2.33. The van der Waals surface area contributed by atoms with Gasteiger partial charge >= 0.3 is 0 Å². The summed E-state index contributed by atoms with van der Waals surface area (Å²) in [5.41, 5.74) is 11.4. The molecule has 0 aliphatic carbocycles. The Morgan fingerprint density at radius 3 is 2.80 bits per heavy atom. The Bertz CT molecular complexity index is 389. The number of nitrogens with zero attached hydrogens (tertiary/aromatic N) is 2. The van der Waals surface area contributed by atoms with Gasteiger partial charge in [0, 0.05) is 18.3 Å². The second-order valence-corrected chi connectivity index (χ2v) is 3.87. The first kappa shape index (κ1) is 10.0. The number of pyridine rings is 1. The van der Waals surface area contributed by atoms with Crippen LogP contribution in [0.15, 0.2) is 12.1 Å². The lowest BCUT2D eigenvalue weighted by atomic mass is 10.0. The van der Waals surface area contributed by atoms with Gasteiger partial charge in [-0.1, -0.05) is 11.6 Å². The maximum absolute atomic E-state index is 11.0. The minimum atomic E-state index is -0.346. The lowest BCUT2D eigenvalue weighted by Crippen LogP contribution is -2.55. The molecule has 5 nitrogen and oxygen atoms in total. The summed E-state index contributed by atoms with van der Waals surface area (Å²) in [6.45, 7) is 0.750. The first-order valence-corrected chi connectivity index (χ1v) is 4.95. The molecule has 0 spiro atoms. The molecule has 6 heteroatoms. The second-order valence-electron chi connectivity index (χ2n) is 3.48. The Morgan fingerprint density at radius 2 is 2.33 bits per heavy atom. The summed E-state index contributed by atoms with van der Waals surface area (Å²) >= 11 is 5.77. The zero-order valence-corrected chi connectivity index (χ0v) is 8.74. The topological polar surface area (TPSA) is 85.2 Å². The number of amides is 1. The molecule has 1 fully saturated rings. The molecule has 1 aromatic rings. The highest BCUT2D eigenvalue weighted by atomic mass is 35.5. The molecule has 0 bridgehead atoms. The van der Waals surface area contributed by atoms with E-state index in [-0.39, 0.29) is 11.9 Å². The normalized spacial score (nSPS) is 19.8. The van der Waals surface area contributed by atoms with Gasteiger partial charge in [-0.25, -0.2) is 4.98 Å². The van der Waals surface area contributed by atoms with Gasteiger partial charge in [0.15, 0.2) is 0 Å². The van der Waals surface area contributed by atoms with Crippen LogP contribution in [0.1, 0.15) is 6.42 Å². The van der Waals surface area contributed by atoms with E-state index in [2.05, 4.69) is 4.98 Å². The smallest absolute Gasteiger partial charge is 0.240 e. The highest BCUT2D eigenvalue weighted by molar-refractivity contribution is 6.29. The summed E-state index contributed by atoms with van der Waals surface area (Å²) in [7, 11) is 0. The Hall–Kier alpha value is -1.49. The van der Waals surface area contributed by atoms with Gasteiger partial charge < -0.3 is 16.4 Å². The number of aromatic nitrogens is 1. The fourth-order valence-corrected chi connectivity index (χ4v) is 1.82. The second kappa shape index (κ2) is 3.58. The Morgan fingerprint density at radius 1 is 1.60 bits per heavy atom. The van der Waals surface area contributed by atoms with Gasteiger partial charge in [-0.3, -0.25) is 4.79 Å². The largest absolute Gasteiger partial charge is 0.399 e. The summed E-state index contributed by atoms with van der Waals surface area (Å²) in [5, 5.41) is 0.320. The molecule has 2 rings (SSSR count). The lowest BCUT2D eigenvalue weighted by Gasteiger charge is -2.39. The Kier molecular flexibility index (Phi) is 2.40. The van der Waals surface area contributed by atoms with E-state index >= 15 is 0 Å². The molecule has 4 N–H and O–H groups in total. The zero-order chi connectivity index (χ0) is 11.0. The summed E-state index contributed by atoms with van der Waals surface area (Å²) in [6.07, 6.45) is 0.753. The van der Waals surface area contributed by atoms with Crippen LogP contribution in [-0.2, 0) is 4.79 Å². The molecule has 1 saturated heterocycles. The van der Waals surface area contributed by atoms with Crippen LogP contribution >= 0.6 is 11.6 Å². The van der Waals surface area contributed by atoms with Crippen LogP contribution in [0.5, 0.6) is 0 Å². The molecule has 2 heterocycles. The highest BCUT2D eigenvalue weighted by Crippen LogP contribution is 2.27. The molecule has 1 aromatic heterocycles. The van der Waals surface area contributed by atoms with Crippen LogP contribution in [-0.4, -0.2) is 23.5 Å². The Labute approximate surface area is 92.0 Å². The average molecular weight is 227 g/mol. The number of nitrogen functional groups attached to an aromatic ring is 1. The maximum Gasteiger partial charge on any atom is 0.240 e. The fraction of sp³-hybridized carbons (Fsp3) is 0.333. The van der Waals surface area contributed by atoms with Gasteiger partial charge in [0.1, 0.15) is 17.0 Å². The molecule has 0 saturated carbocycles. The molecule has 1 unspecified atom stereocenters. The van der Waals surface area contributed by atoms with Gasteiger partial charge in [0.2, 0.25) is 5.91 Å². The number of carbonyl (C=O) groups is 1. The minimum absolute atomic E-state index is 0.282. The minimum Gasteiger partial charge on any atom is -0.399 e. The molecule has 0 aromatic carbocycles. The van der Waals surface area contributed by atoms with Crippen molar-refractivity contribution in [3.05, 3.63) is 17.3 Å². The third-order valence-electron chi connectivity index (χ3n) is 2.45. The molecular weight excluding hydrogens is 216 g/mol. The van der Waals surface area contributed by atoms with Crippen molar-refractivity contribution >= 4 is 29.0 Å². The summed E-state index contributed by atoms with van der Waals surface area (Å²) in [5.74, 6) is 0.261. The maximum atomic E-state index is 11.0. The van der Waals surface area contributed by atoms with Crippen molar-refractivity contribution in [2.45, 2.75) is 12.5 Å². The number of carbonyl (C=O) groups excluding carboxylic acids is 1. The van der Waals surface area contributed by atoms with Gasteiger partial charge in [-0.2, -0.15) is 0 Å². The van der Waals surface area contributed by atoms with E-state index in [1.165, 1.54) is 0 Å². The predicted octanol–water partition coefficient (Wildman–Crippen LogP) is 0.381. The van der Waals surface area contributed by atoms with Crippen LogP contribution in [0.4, 0.5) is 11.5 Å². The zero-order valence-electron chi connectivity index (χ0n) is 7.98. The van der Waals surface area contributed by atoms with Crippen molar-refractivity contribution in [2.75, 3.05) is 17.2 Å². The molecular formula is C9H11ClN4O. The van der Waals surface area contributed by atoms with E-state index in [4.69, 9.17) is 23.1 Å². The van der Waals surface area contributed by atoms with Crippen LogP contribution in [0.2, 0.25) is 5.15 Å². The van der Waals surface area contributed by atoms with Crippen molar-refractivity contribution < 1.29 is 4.79 Å². The molecule has 80 valence electrons. The standard InChI is InChI=1S/C9H11ClN4O/c10-7-3-5(11)4-8(13-7)14-2-1-6(14)9(12)15/h3-4,6H,1-2H2,(H2,11,13)(H2,12,15). The van der Waals surface area contributed by atoms with Crippen molar-refractivity contribution in [1.82, 2.24) is 4.98 Å². The van der Waals surface area contributed by atoms with Crippen LogP contribution < -0.4 is 16.4 Å². The molecule has 15 heavy (non-hydrogen) atoms. The predicted molar refractivity (Wildman–Crippen MR) is 58.6 cm³/mol. The average Bonchev–Trinajstić information content (AvgIpc) is 1.97. The molecule has 1 amide bonds. The first-order chi connectivity index (χ1) is 7.08. The van der Waals surface area contributed by atoms with Gasteiger partial charge in [-0.15, -0.1) is 0 Å². The monoisotopic (exact) mass is 226 g/mol. The molecule has 0 radical (unpaired) electrons. The summed E-state index contributed by atoms with van der Waals surface area (Å²) in [6, 6.07) is 2.96. The van der Waals surface area contributed by atoms with Gasteiger partial charge in [0.05, 0.1) is 0 Å². The molecule has 1 atom stereocenters. The fourth-order valence-electron chi connectivity index (χ4n) is 1.61. The van der Waals surface area contributed by atoms with E-state index < -0.39 is 0 Å². The quantitative estimate of drug-likeness (QED) is 0.714. The van der Waals surface area contributed by atoms with E-state index in [1.54, 1.807) is 17.0 Å². The third kappa shape index (κ3) is 1.83. The van der Waals surface area contributed by atoms with E-state index in [0.29, 0.717) is 16.7 Å². The van der Waals surface area contributed by atoms with Crippen molar-refractivity contribution in [2.24, 2.45) is 5.73 Å². The summed E-state index contributed by atoms with van der Waals surface area (Å²) < 4.78 is 0. The van der Waals surface area contributed by atoms with Gasteiger partial charge in [0.25, 0.3) is 0 Å². The first-order valence-electron chi connectivity index (χ1n) is 4.57. The number of nitrogens with two attached hydrogens (primary N) is 2. The number of hydrogen-bond acceptors (Lipinski definition) is 4.